The number of nitrogens with one attached hydrogen (secondary N) is 1. The topological polar surface area (TPSA) is 52.7 Å². The van der Waals surface area contributed by atoms with Crippen LogP contribution in [0.3, 0.4) is 0 Å². The Labute approximate surface area is 174 Å². The van der Waals surface area contributed by atoms with E-state index in [4.69, 9.17) is 0 Å². The van der Waals surface area contributed by atoms with Crippen molar-refractivity contribution in [1.82, 2.24) is 4.90 Å². The van der Waals surface area contributed by atoms with Crippen LogP contribution in [0, 0.1) is 17.8 Å². The van der Waals surface area contributed by atoms with Crippen molar-refractivity contribution in [1.29, 1.82) is 0 Å². The monoisotopic (exact) mass is 397 g/mol. The van der Waals surface area contributed by atoms with E-state index in [2.05, 4.69) is 34.2 Å². The quantitative estimate of drug-likeness (QED) is 0.825. The van der Waals surface area contributed by atoms with Crippen molar-refractivity contribution in [3.63, 3.8) is 0 Å². The summed E-state index contributed by atoms with van der Waals surface area (Å²) in [5.41, 5.74) is 2.12. The number of piperidine rings is 1. The molecular weight excluding hydrogens is 362 g/mol. The van der Waals surface area contributed by atoms with Gasteiger partial charge in [0.05, 0.1) is 0 Å². The number of carbonyl (C=O) groups excluding carboxylic acids is 2. The summed E-state index contributed by atoms with van der Waals surface area (Å²) < 4.78 is 0. The fourth-order valence-corrected chi connectivity index (χ4v) is 5.06. The van der Waals surface area contributed by atoms with Crippen molar-refractivity contribution >= 4 is 23.2 Å². The first-order chi connectivity index (χ1) is 14.1. The van der Waals surface area contributed by atoms with Crippen LogP contribution in [-0.4, -0.2) is 42.9 Å². The van der Waals surface area contributed by atoms with Crippen LogP contribution in [0.1, 0.15) is 58.3 Å². The molecule has 2 saturated heterocycles. The van der Waals surface area contributed by atoms with E-state index in [1.54, 1.807) is 0 Å². The lowest BCUT2D eigenvalue weighted by molar-refractivity contribution is -0.139. The number of likely N-dealkylation sites (tertiary alicyclic amines) is 1. The number of hydrogen-bond acceptors (Lipinski definition) is 3. The van der Waals surface area contributed by atoms with Crippen LogP contribution in [0.2, 0.25) is 0 Å². The Balaban J connectivity index is 1.24. The maximum atomic E-state index is 12.8. The van der Waals surface area contributed by atoms with E-state index >= 15 is 0 Å². The largest absolute Gasteiger partial charge is 0.372 e. The van der Waals surface area contributed by atoms with E-state index in [0.29, 0.717) is 5.91 Å². The first-order valence-corrected chi connectivity index (χ1v) is 11.5. The summed E-state index contributed by atoms with van der Waals surface area (Å²) in [7, 11) is 0. The lowest BCUT2D eigenvalue weighted by atomic mass is 9.80. The molecule has 2 amide bonds. The van der Waals surface area contributed by atoms with Crippen LogP contribution in [-0.2, 0) is 9.59 Å². The molecule has 2 aliphatic heterocycles. The van der Waals surface area contributed by atoms with Crippen LogP contribution in [0.4, 0.5) is 11.4 Å². The van der Waals surface area contributed by atoms with E-state index in [9.17, 15) is 9.59 Å². The van der Waals surface area contributed by atoms with Gasteiger partial charge in [0.2, 0.25) is 11.8 Å². The molecule has 0 atom stereocenters. The Hall–Kier alpha value is -2.04. The van der Waals surface area contributed by atoms with Gasteiger partial charge in [-0.25, -0.2) is 0 Å². The Kier molecular flexibility index (Phi) is 6.41. The van der Waals surface area contributed by atoms with Gasteiger partial charge in [0.15, 0.2) is 0 Å². The van der Waals surface area contributed by atoms with Crippen molar-refractivity contribution in [2.24, 2.45) is 17.8 Å². The minimum absolute atomic E-state index is 0.0266. The number of rotatable bonds is 4. The molecule has 0 radical (unpaired) electrons. The standard InChI is InChI=1S/C24H35N3O2/c1-18-12-16-27(17-13-18)24(29)20-6-4-19(5-7-20)23(28)25-21-8-10-22(11-9-21)26-14-2-3-15-26/h8-11,18-20H,2-7,12-17H2,1H3,(H,25,28). The summed E-state index contributed by atoms with van der Waals surface area (Å²) in [5.74, 6) is 1.32. The summed E-state index contributed by atoms with van der Waals surface area (Å²) in [4.78, 5) is 30.0. The Morgan fingerprint density at radius 3 is 2.03 bits per heavy atom. The normalized spacial score (nSPS) is 25.8. The second-order valence-corrected chi connectivity index (χ2v) is 9.29. The molecule has 2 heterocycles. The molecule has 5 heteroatoms. The molecule has 4 rings (SSSR count). The second kappa shape index (κ2) is 9.19. The van der Waals surface area contributed by atoms with Crippen LogP contribution in [0.15, 0.2) is 24.3 Å². The zero-order valence-electron chi connectivity index (χ0n) is 17.7. The predicted molar refractivity (Wildman–Crippen MR) is 117 cm³/mol. The van der Waals surface area contributed by atoms with Crippen LogP contribution in [0.25, 0.3) is 0 Å². The highest BCUT2D eigenvalue weighted by atomic mass is 16.2. The molecular formula is C24H35N3O2. The summed E-state index contributed by atoms with van der Waals surface area (Å²) in [6.45, 7) is 6.35. The van der Waals surface area contributed by atoms with Crippen molar-refractivity contribution < 1.29 is 9.59 Å². The smallest absolute Gasteiger partial charge is 0.227 e. The molecule has 1 saturated carbocycles. The van der Waals surface area contributed by atoms with Crippen molar-refractivity contribution in [3.8, 4) is 0 Å². The molecule has 1 aromatic rings. The summed E-state index contributed by atoms with van der Waals surface area (Å²) >= 11 is 0. The molecule has 0 unspecified atom stereocenters. The maximum absolute atomic E-state index is 12.8. The molecule has 158 valence electrons. The summed E-state index contributed by atoms with van der Waals surface area (Å²) in [6.07, 6.45) is 8.10. The Morgan fingerprint density at radius 1 is 0.828 bits per heavy atom. The zero-order valence-corrected chi connectivity index (χ0v) is 17.7. The lowest BCUT2D eigenvalue weighted by Gasteiger charge is -2.35. The van der Waals surface area contributed by atoms with Gasteiger partial charge in [0.1, 0.15) is 0 Å². The average molecular weight is 398 g/mol. The molecule has 1 aromatic carbocycles. The van der Waals surface area contributed by atoms with Gasteiger partial charge in [-0.15, -0.1) is 0 Å². The van der Waals surface area contributed by atoms with E-state index in [0.717, 1.165) is 76.3 Å². The second-order valence-electron chi connectivity index (χ2n) is 9.29. The van der Waals surface area contributed by atoms with E-state index < -0.39 is 0 Å². The number of anilines is 2. The lowest BCUT2D eigenvalue weighted by Crippen LogP contribution is -2.42. The Morgan fingerprint density at radius 2 is 1.41 bits per heavy atom. The SMILES string of the molecule is CC1CCN(C(=O)C2CCC(C(=O)Nc3ccc(N4CCCC4)cc3)CC2)CC1. The van der Waals surface area contributed by atoms with Gasteiger partial charge < -0.3 is 15.1 Å². The molecule has 3 aliphatic rings. The summed E-state index contributed by atoms with van der Waals surface area (Å²) in [5, 5.41) is 3.09. The molecule has 3 fully saturated rings. The number of amides is 2. The van der Waals surface area contributed by atoms with Crippen molar-refractivity contribution in [2.45, 2.75) is 58.3 Å². The average Bonchev–Trinajstić information content (AvgIpc) is 3.29. The van der Waals surface area contributed by atoms with Gasteiger partial charge >= 0.3 is 0 Å². The maximum Gasteiger partial charge on any atom is 0.227 e. The molecule has 0 aromatic heterocycles. The Bertz CT molecular complexity index is 695. The van der Waals surface area contributed by atoms with Crippen molar-refractivity contribution in [3.05, 3.63) is 24.3 Å². The van der Waals surface area contributed by atoms with Gasteiger partial charge in [0, 0.05) is 49.4 Å². The third-order valence-corrected chi connectivity index (χ3v) is 7.15. The fourth-order valence-electron chi connectivity index (χ4n) is 5.06. The molecule has 1 N–H and O–H groups in total. The van der Waals surface area contributed by atoms with Gasteiger partial charge in [-0.05, 0) is 81.5 Å². The first-order valence-electron chi connectivity index (χ1n) is 11.5. The van der Waals surface area contributed by atoms with Crippen molar-refractivity contribution in [2.75, 3.05) is 36.4 Å². The van der Waals surface area contributed by atoms with E-state index in [1.807, 2.05) is 12.1 Å². The summed E-state index contributed by atoms with van der Waals surface area (Å²) in [6, 6.07) is 8.24. The van der Waals surface area contributed by atoms with Crippen LogP contribution in [0.5, 0.6) is 0 Å². The number of carbonyl (C=O) groups is 2. The molecule has 0 bridgehead atoms. The van der Waals surface area contributed by atoms with Gasteiger partial charge in [-0.3, -0.25) is 9.59 Å². The first kappa shape index (κ1) is 20.2. The van der Waals surface area contributed by atoms with Gasteiger partial charge in [-0.2, -0.15) is 0 Å². The minimum atomic E-state index is 0.0266. The number of benzene rings is 1. The molecule has 29 heavy (non-hydrogen) atoms. The van der Waals surface area contributed by atoms with Gasteiger partial charge in [0.25, 0.3) is 0 Å². The molecule has 0 spiro atoms. The zero-order chi connectivity index (χ0) is 20.2. The highest BCUT2D eigenvalue weighted by Gasteiger charge is 2.33. The van der Waals surface area contributed by atoms with Crippen LogP contribution >= 0.6 is 0 Å². The number of nitrogens with zero attached hydrogens (tertiary/aromatic N) is 2. The minimum Gasteiger partial charge on any atom is -0.372 e. The van der Waals surface area contributed by atoms with E-state index in [1.165, 1.54) is 18.5 Å². The molecule has 1 aliphatic carbocycles. The van der Waals surface area contributed by atoms with Crippen LogP contribution < -0.4 is 10.2 Å². The number of hydrogen-bond donors (Lipinski definition) is 1. The third-order valence-electron chi connectivity index (χ3n) is 7.15. The predicted octanol–water partition coefficient (Wildman–Crippen LogP) is 4.29. The highest BCUT2D eigenvalue weighted by Crippen LogP contribution is 2.32. The van der Waals surface area contributed by atoms with Gasteiger partial charge in [-0.1, -0.05) is 6.92 Å². The van der Waals surface area contributed by atoms with E-state index in [-0.39, 0.29) is 17.7 Å². The highest BCUT2D eigenvalue weighted by molar-refractivity contribution is 5.93. The third kappa shape index (κ3) is 4.93. The molecule has 5 nitrogen and oxygen atoms in total. The fraction of sp³-hybridized carbons (Fsp3) is 0.667.